The van der Waals surface area contributed by atoms with Gasteiger partial charge in [-0.1, -0.05) is 67.2 Å². The normalized spacial score (nSPS) is 23.3. The van der Waals surface area contributed by atoms with Gasteiger partial charge in [-0.25, -0.2) is 9.65 Å². The van der Waals surface area contributed by atoms with Crippen molar-refractivity contribution in [3.8, 4) is 6.07 Å². The number of ether oxygens (including phenoxy) is 1. The Morgan fingerprint density at radius 3 is 2.30 bits per heavy atom. The van der Waals surface area contributed by atoms with Gasteiger partial charge in [-0.2, -0.15) is 10.2 Å². The summed E-state index contributed by atoms with van der Waals surface area (Å²) in [5.74, 6) is -0.659. The van der Waals surface area contributed by atoms with Crippen molar-refractivity contribution in [3.63, 3.8) is 0 Å². The van der Waals surface area contributed by atoms with Crippen LogP contribution in [0, 0.1) is 23.2 Å². The number of anilines is 1. The van der Waals surface area contributed by atoms with Gasteiger partial charge in [-0.15, -0.1) is 0 Å². The molecule has 1 amide bonds. The molecular weight excluding hydrogens is 730 g/mol. The Morgan fingerprint density at radius 1 is 1.09 bits per heavy atom. The molecule has 0 aliphatic carbocycles. The van der Waals surface area contributed by atoms with Crippen LogP contribution >= 0.6 is 8.53 Å². The van der Waals surface area contributed by atoms with Gasteiger partial charge in [0.25, 0.3) is 14.1 Å². The monoisotopic (exact) mass is 793 g/mol. The number of hydrogen-bond acceptors (Lipinski definition) is 11. The highest BCUT2D eigenvalue weighted by Crippen LogP contribution is 2.54. The van der Waals surface area contributed by atoms with Crippen LogP contribution in [0.15, 0.2) is 11.1 Å². The topological polar surface area (TPSA) is 166 Å². The van der Waals surface area contributed by atoms with E-state index in [1.165, 1.54) is 0 Å². The molecule has 2 N–H and O–H groups in total. The van der Waals surface area contributed by atoms with Crippen molar-refractivity contribution in [2.45, 2.75) is 162 Å². The number of imidazole rings is 1. The number of hydrogen-bond donors (Lipinski definition) is 2. The molecule has 2 saturated heterocycles. The minimum Gasteiger partial charge on any atom is -0.435 e. The van der Waals surface area contributed by atoms with Gasteiger partial charge in [0.15, 0.2) is 25.7 Å². The van der Waals surface area contributed by atoms with Gasteiger partial charge in [0.05, 0.1) is 38.1 Å². The van der Waals surface area contributed by atoms with Gasteiger partial charge in [0, 0.05) is 23.9 Å². The third-order valence-corrected chi connectivity index (χ3v) is 22.6. The first kappa shape index (κ1) is 43.7. The van der Waals surface area contributed by atoms with Crippen LogP contribution < -0.4 is 10.9 Å². The lowest BCUT2D eigenvalue weighted by Crippen LogP contribution is -2.58. The standard InChI is InChI=1S/C36H64N7O7PSi2/c1-11-18-52(19-12-2)23-28-29(22-47-53(50-52,20-13-3)21-14-4)48-35(31(28)49-51(46-17-15-16-37)43(26(7)8)27(9)10)42-24-38-30-32(42)39-36(41-34(30)45)40-33(44)25(5)6/h24-29,31,35H,11-15,17-23H2,1-10H3,(H2,39,40,41,44,45)/t28?,29-,31-,35-,51?/m1/s1. The molecule has 2 aliphatic rings. The van der Waals surface area contributed by atoms with Crippen LogP contribution in [0.3, 0.4) is 0 Å². The highest BCUT2D eigenvalue weighted by Gasteiger charge is 2.57. The molecule has 0 spiro atoms. The minimum atomic E-state index is -2.57. The summed E-state index contributed by atoms with van der Waals surface area (Å²) in [5, 5.41) is 12.2. The Morgan fingerprint density at radius 2 is 1.74 bits per heavy atom. The van der Waals surface area contributed by atoms with E-state index in [0.717, 1.165) is 55.9 Å². The zero-order chi connectivity index (χ0) is 38.9. The van der Waals surface area contributed by atoms with E-state index in [-0.39, 0.29) is 66.1 Å². The number of nitriles is 1. The number of H-pyrrole nitrogens is 1. The fraction of sp³-hybridized carbons (Fsp3) is 0.806. The van der Waals surface area contributed by atoms with Crippen LogP contribution in [0.25, 0.3) is 11.2 Å². The lowest BCUT2D eigenvalue weighted by atomic mass is 10.0. The molecule has 5 atom stereocenters. The molecule has 0 bridgehead atoms. The molecule has 2 aromatic rings. The van der Waals surface area contributed by atoms with Gasteiger partial charge < -0.3 is 22.3 Å². The summed E-state index contributed by atoms with van der Waals surface area (Å²) in [6.45, 7) is 21.6. The van der Waals surface area contributed by atoms with E-state index in [2.05, 4.69) is 81.4 Å². The maximum atomic E-state index is 13.3. The summed E-state index contributed by atoms with van der Waals surface area (Å²) in [7, 11) is -6.66. The third-order valence-electron chi connectivity index (χ3n) is 10.0. The minimum absolute atomic E-state index is 0.0428. The summed E-state index contributed by atoms with van der Waals surface area (Å²) >= 11 is 0. The van der Waals surface area contributed by atoms with Gasteiger partial charge in [-0.05, 0) is 57.9 Å². The zero-order valence-corrected chi connectivity index (χ0v) is 36.5. The summed E-state index contributed by atoms with van der Waals surface area (Å²) in [5.41, 5.74) is -0.0510. The van der Waals surface area contributed by atoms with Crippen molar-refractivity contribution in [1.82, 2.24) is 24.2 Å². The van der Waals surface area contributed by atoms with E-state index in [4.69, 9.17) is 27.3 Å². The molecule has 2 aromatic heterocycles. The summed E-state index contributed by atoms with van der Waals surface area (Å²) in [4.78, 5) is 37.8. The van der Waals surface area contributed by atoms with Crippen molar-refractivity contribution in [2.24, 2.45) is 11.8 Å². The van der Waals surface area contributed by atoms with Crippen molar-refractivity contribution >= 4 is 48.4 Å². The number of nitrogens with zero attached hydrogens (tertiary/aromatic N) is 5. The van der Waals surface area contributed by atoms with E-state index in [1.54, 1.807) is 24.7 Å². The Kier molecular flexibility index (Phi) is 16.2. The first-order chi connectivity index (χ1) is 25.3. The first-order valence-electron chi connectivity index (χ1n) is 19.8. The molecule has 14 nitrogen and oxygen atoms in total. The predicted molar refractivity (Wildman–Crippen MR) is 213 cm³/mol. The van der Waals surface area contributed by atoms with Crippen molar-refractivity contribution in [2.75, 3.05) is 18.5 Å². The first-order valence-corrected chi connectivity index (χ1v) is 25.7. The molecule has 0 radical (unpaired) electrons. The summed E-state index contributed by atoms with van der Waals surface area (Å²) in [6, 6.07) is 7.17. The smallest absolute Gasteiger partial charge is 0.327 e. The predicted octanol–water partition coefficient (Wildman–Crippen LogP) is 7.96. The van der Waals surface area contributed by atoms with Gasteiger partial charge in [-0.3, -0.25) is 24.5 Å². The quantitative estimate of drug-likeness (QED) is 0.0805. The van der Waals surface area contributed by atoms with Crippen LogP contribution in [-0.2, 0) is 27.1 Å². The van der Waals surface area contributed by atoms with Crippen molar-refractivity contribution < 1.29 is 27.1 Å². The van der Waals surface area contributed by atoms with Crippen LogP contribution in [0.5, 0.6) is 0 Å². The second-order valence-corrected chi connectivity index (χ2v) is 24.5. The molecule has 2 unspecified atom stereocenters. The van der Waals surface area contributed by atoms with Crippen LogP contribution in [0.4, 0.5) is 5.95 Å². The largest absolute Gasteiger partial charge is 0.435 e. The number of carbonyl (C=O) groups is 1. The fourth-order valence-corrected chi connectivity index (χ4v) is 21.5. The number of aromatic nitrogens is 4. The van der Waals surface area contributed by atoms with Gasteiger partial charge in [0.2, 0.25) is 11.9 Å². The summed E-state index contributed by atoms with van der Waals surface area (Å²) in [6.07, 6.45) is 4.23. The maximum absolute atomic E-state index is 13.3. The van der Waals surface area contributed by atoms with Crippen molar-refractivity contribution in [3.05, 3.63) is 16.7 Å². The van der Waals surface area contributed by atoms with E-state index in [1.807, 2.05) is 0 Å². The Labute approximate surface area is 319 Å². The van der Waals surface area contributed by atoms with E-state index in [0.29, 0.717) is 6.61 Å². The lowest BCUT2D eigenvalue weighted by molar-refractivity contribution is -0.118. The number of fused-ring (bicyclic) bond motifs is 2. The second kappa shape index (κ2) is 19.7. The molecule has 53 heavy (non-hydrogen) atoms. The molecule has 4 rings (SSSR count). The highest BCUT2D eigenvalue weighted by atomic mass is 31.2. The Hall–Kier alpha value is -2.07. The van der Waals surface area contributed by atoms with E-state index >= 15 is 0 Å². The second-order valence-electron chi connectivity index (χ2n) is 15.4. The van der Waals surface area contributed by atoms with Gasteiger partial charge >= 0.3 is 8.56 Å². The Bertz CT molecular complexity index is 1570. The third kappa shape index (κ3) is 10.4. The van der Waals surface area contributed by atoms with E-state index < -0.39 is 43.3 Å². The average Bonchev–Trinajstić information content (AvgIpc) is 3.64. The van der Waals surface area contributed by atoms with E-state index in [9.17, 15) is 14.9 Å². The zero-order valence-electron chi connectivity index (χ0n) is 33.6. The number of aromatic amines is 1. The number of rotatable bonds is 19. The number of nitrogens with one attached hydrogen (secondary N) is 2. The molecule has 298 valence electrons. The Balaban J connectivity index is 1.91. The number of carbonyl (C=O) groups excluding carboxylic acids is 1. The molecule has 0 saturated carbocycles. The van der Waals surface area contributed by atoms with Crippen LogP contribution in [0.1, 0.15) is 108 Å². The average molecular weight is 794 g/mol. The van der Waals surface area contributed by atoms with Crippen molar-refractivity contribution in [1.29, 1.82) is 5.26 Å². The van der Waals surface area contributed by atoms with Gasteiger partial charge in [0.1, 0.15) is 6.10 Å². The van der Waals surface area contributed by atoms with Crippen LogP contribution in [0.2, 0.25) is 30.2 Å². The molecule has 2 aliphatic heterocycles. The number of amides is 1. The lowest BCUT2D eigenvalue weighted by Gasteiger charge is -2.46. The van der Waals surface area contributed by atoms with Crippen LogP contribution in [-0.4, -0.2) is 84.5 Å². The highest BCUT2D eigenvalue weighted by molar-refractivity contribution is 7.44. The molecule has 4 heterocycles. The molecule has 0 aromatic carbocycles. The molecule has 17 heteroatoms. The fourth-order valence-electron chi connectivity index (χ4n) is 7.98. The maximum Gasteiger partial charge on any atom is 0.327 e. The SMILES string of the molecule is CCC[Si]1(CCC)CC2[C@@H](OP(OCCC#N)N(C(C)C)C(C)C)[C@H](n3cnc4c(=O)[nH]c(NC(=O)C(C)C)nc43)O[C@@H]2CO[Si](CCC)(CCC)O1. The molecular formula is C36H64N7O7PSi2. The summed E-state index contributed by atoms with van der Waals surface area (Å²) < 4.78 is 39.6. The molecule has 2 fully saturated rings.